The average molecular weight is 473 g/mol. The van der Waals surface area contributed by atoms with Gasteiger partial charge < -0.3 is 24.4 Å². The minimum absolute atomic E-state index is 0. The molecule has 9 heteroatoms. The fourth-order valence-electron chi connectivity index (χ4n) is 3.65. The molecule has 0 aliphatic carbocycles. The van der Waals surface area contributed by atoms with E-state index in [1.807, 2.05) is 60.8 Å². The fourth-order valence-corrected chi connectivity index (χ4v) is 3.65. The zero-order chi connectivity index (χ0) is 22.2. The van der Waals surface area contributed by atoms with Crippen LogP contribution >= 0.6 is 12.4 Å². The molecule has 1 aliphatic rings. The van der Waals surface area contributed by atoms with Crippen LogP contribution in [-0.2, 0) is 11.3 Å². The van der Waals surface area contributed by atoms with E-state index < -0.39 is 0 Å². The Morgan fingerprint density at radius 1 is 1.15 bits per heavy atom. The molecule has 0 saturated carbocycles. The van der Waals surface area contributed by atoms with Gasteiger partial charge in [0.25, 0.3) is 0 Å². The lowest BCUT2D eigenvalue weighted by Gasteiger charge is -2.33. The van der Waals surface area contributed by atoms with Gasteiger partial charge in [-0.2, -0.15) is 5.10 Å². The fraction of sp³-hybridized carbons (Fsp3) is 0.333. The molecule has 1 aliphatic heterocycles. The second-order valence-electron chi connectivity index (χ2n) is 7.56. The number of aromatic nitrogens is 2. The molecule has 1 saturated heterocycles. The number of carbonyl (C=O) groups excluding carboxylic acids is 1. The summed E-state index contributed by atoms with van der Waals surface area (Å²) in [5, 5.41) is 7.68. The van der Waals surface area contributed by atoms with Crippen molar-refractivity contribution < 1.29 is 19.0 Å². The molecule has 33 heavy (non-hydrogen) atoms. The Morgan fingerprint density at radius 2 is 2.00 bits per heavy atom. The Hall–Kier alpha value is -3.23. The topological polar surface area (TPSA) is 77.9 Å². The van der Waals surface area contributed by atoms with Crippen molar-refractivity contribution >= 4 is 18.5 Å². The maximum Gasteiger partial charge on any atom is 0.410 e. The Kier molecular flexibility index (Phi) is 8.97. The smallest absolute Gasteiger partial charge is 0.410 e. The normalized spacial score (nSPS) is 15.4. The van der Waals surface area contributed by atoms with Gasteiger partial charge in [-0.05, 0) is 30.2 Å². The molecule has 1 fully saturated rings. The molecular formula is C24H29ClN4O4. The van der Waals surface area contributed by atoms with E-state index in [0.29, 0.717) is 31.2 Å². The lowest BCUT2D eigenvalue weighted by atomic mass is 10.1. The van der Waals surface area contributed by atoms with Crippen molar-refractivity contribution in [2.24, 2.45) is 0 Å². The van der Waals surface area contributed by atoms with Gasteiger partial charge >= 0.3 is 6.09 Å². The summed E-state index contributed by atoms with van der Waals surface area (Å²) in [7, 11) is 1.62. The number of benzene rings is 2. The van der Waals surface area contributed by atoms with Crippen molar-refractivity contribution in [1.29, 1.82) is 0 Å². The van der Waals surface area contributed by atoms with Gasteiger partial charge in [0.2, 0.25) is 0 Å². The van der Waals surface area contributed by atoms with Crippen molar-refractivity contribution in [3.63, 3.8) is 0 Å². The number of methoxy groups -OCH3 is 1. The molecule has 8 nitrogen and oxygen atoms in total. The van der Waals surface area contributed by atoms with E-state index in [-0.39, 0.29) is 31.1 Å². The van der Waals surface area contributed by atoms with Crippen LogP contribution in [0.1, 0.15) is 12.0 Å². The quantitative estimate of drug-likeness (QED) is 0.539. The zero-order valence-corrected chi connectivity index (χ0v) is 19.4. The summed E-state index contributed by atoms with van der Waals surface area (Å²) in [4.78, 5) is 14.2. The first kappa shape index (κ1) is 24.4. The first-order chi connectivity index (χ1) is 15.7. The van der Waals surface area contributed by atoms with E-state index in [2.05, 4.69) is 10.4 Å². The molecule has 1 amide bonds. The highest BCUT2D eigenvalue weighted by Gasteiger charge is 2.24. The Morgan fingerprint density at radius 3 is 2.76 bits per heavy atom. The molecule has 0 bridgehead atoms. The van der Waals surface area contributed by atoms with E-state index in [1.54, 1.807) is 22.9 Å². The van der Waals surface area contributed by atoms with E-state index in [0.717, 1.165) is 24.2 Å². The predicted octanol–water partition coefficient (Wildman–Crippen LogP) is 3.68. The number of ether oxygens (including phenoxy) is 3. The van der Waals surface area contributed by atoms with Crippen LogP contribution in [0.4, 0.5) is 4.79 Å². The molecule has 176 valence electrons. The molecule has 0 spiro atoms. The Labute approximate surface area is 199 Å². The number of piperazine rings is 1. The third kappa shape index (κ3) is 6.63. The summed E-state index contributed by atoms with van der Waals surface area (Å²) >= 11 is 0. The number of nitrogens with one attached hydrogen (secondary N) is 1. The maximum absolute atomic E-state index is 12.4. The standard InChI is InChI=1S/C24H28N4O4.ClH/c1-30-23-16-21(28-13-5-11-26-28)8-9-22(23)31-15-10-20-17-27(14-12-25-20)24(29)32-18-19-6-3-2-4-7-19;/h2-9,11,13,16,20,25H,10,12,14-15,17-18H2,1H3;1H/t20-;/m1./s1. The van der Waals surface area contributed by atoms with E-state index in [9.17, 15) is 4.79 Å². The zero-order valence-electron chi connectivity index (χ0n) is 18.6. The molecule has 0 radical (unpaired) electrons. The van der Waals surface area contributed by atoms with Gasteiger partial charge in [-0.25, -0.2) is 9.48 Å². The second-order valence-corrected chi connectivity index (χ2v) is 7.56. The molecule has 1 aromatic heterocycles. The summed E-state index contributed by atoms with van der Waals surface area (Å²) in [6.07, 6.45) is 4.08. The summed E-state index contributed by atoms with van der Waals surface area (Å²) in [6, 6.07) is 17.4. The number of hydrogen-bond acceptors (Lipinski definition) is 6. The summed E-state index contributed by atoms with van der Waals surface area (Å²) in [5.41, 5.74) is 1.88. The number of carbonyl (C=O) groups is 1. The predicted molar refractivity (Wildman–Crippen MR) is 127 cm³/mol. The molecule has 1 N–H and O–H groups in total. The molecular weight excluding hydrogens is 444 g/mol. The summed E-state index contributed by atoms with van der Waals surface area (Å²) in [6.45, 7) is 2.74. The lowest BCUT2D eigenvalue weighted by molar-refractivity contribution is 0.0827. The number of halogens is 1. The monoisotopic (exact) mass is 472 g/mol. The van der Waals surface area contributed by atoms with Crippen LogP contribution < -0.4 is 14.8 Å². The van der Waals surface area contributed by atoms with Crippen LogP contribution in [0.3, 0.4) is 0 Å². The van der Waals surface area contributed by atoms with Gasteiger partial charge in [0.1, 0.15) is 6.61 Å². The third-order valence-corrected chi connectivity index (χ3v) is 5.36. The van der Waals surface area contributed by atoms with Crippen molar-refractivity contribution in [3.05, 3.63) is 72.6 Å². The summed E-state index contributed by atoms with van der Waals surface area (Å²) in [5.74, 6) is 1.33. The van der Waals surface area contributed by atoms with Gasteiger partial charge in [-0.3, -0.25) is 0 Å². The number of rotatable bonds is 8. The highest BCUT2D eigenvalue weighted by molar-refractivity contribution is 5.85. The SMILES string of the molecule is COc1cc(-n2cccn2)ccc1OCC[C@@H]1CN(C(=O)OCc2ccccc2)CCN1.Cl. The first-order valence-electron chi connectivity index (χ1n) is 10.7. The second kappa shape index (κ2) is 12.1. The minimum atomic E-state index is -0.280. The first-order valence-corrected chi connectivity index (χ1v) is 10.7. The van der Waals surface area contributed by atoms with Gasteiger partial charge in [-0.1, -0.05) is 30.3 Å². The number of amides is 1. The van der Waals surface area contributed by atoms with Crippen molar-refractivity contribution in [3.8, 4) is 17.2 Å². The molecule has 2 heterocycles. The van der Waals surface area contributed by atoms with Crippen LogP contribution in [0.2, 0.25) is 0 Å². The van der Waals surface area contributed by atoms with Gasteiger partial charge in [0.15, 0.2) is 11.5 Å². The van der Waals surface area contributed by atoms with Crippen LogP contribution in [0.25, 0.3) is 5.69 Å². The highest BCUT2D eigenvalue weighted by atomic mass is 35.5. The molecule has 4 rings (SSSR count). The highest BCUT2D eigenvalue weighted by Crippen LogP contribution is 2.29. The van der Waals surface area contributed by atoms with Gasteiger partial charge in [0.05, 0.1) is 19.4 Å². The molecule has 2 aromatic carbocycles. The number of nitrogens with zero attached hydrogens (tertiary/aromatic N) is 3. The number of hydrogen-bond donors (Lipinski definition) is 1. The van der Waals surface area contributed by atoms with Crippen LogP contribution in [0.5, 0.6) is 11.5 Å². The Balaban J connectivity index is 0.00000306. The Bertz CT molecular complexity index is 1000. The minimum Gasteiger partial charge on any atom is -0.493 e. The van der Waals surface area contributed by atoms with E-state index in [1.165, 1.54) is 0 Å². The van der Waals surface area contributed by atoms with E-state index >= 15 is 0 Å². The van der Waals surface area contributed by atoms with Gasteiger partial charge in [0, 0.05) is 44.1 Å². The average Bonchev–Trinajstić information content (AvgIpc) is 3.38. The third-order valence-electron chi connectivity index (χ3n) is 5.36. The lowest BCUT2D eigenvalue weighted by Crippen LogP contribution is -2.53. The van der Waals surface area contributed by atoms with Crippen LogP contribution in [0, 0.1) is 0 Å². The van der Waals surface area contributed by atoms with Crippen molar-refractivity contribution in [2.45, 2.75) is 19.1 Å². The van der Waals surface area contributed by atoms with Gasteiger partial charge in [-0.15, -0.1) is 12.4 Å². The molecule has 1 atom stereocenters. The largest absolute Gasteiger partial charge is 0.493 e. The van der Waals surface area contributed by atoms with E-state index in [4.69, 9.17) is 14.2 Å². The van der Waals surface area contributed by atoms with Crippen LogP contribution in [0.15, 0.2) is 67.0 Å². The molecule has 3 aromatic rings. The molecule has 0 unspecified atom stereocenters. The van der Waals surface area contributed by atoms with Crippen molar-refractivity contribution in [1.82, 2.24) is 20.0 Å². The summed E-state index contributed by atoms with van der Waals surface area (Å²) < 4.78 is 18.7. The van der Waals surface area contributed by atoms with Crippen molar-refractivity contribution in [2.75, 3.05) is 33.4 Å². The maximum atomic E-state index is 12.4. The van der Waals surface area contributed by atoms with Crippen LogP contribution in [-0.4, -0.2) is 60.2 Å².